The number of nitrogens with one attached hydrogen (secondary N) is 2. The van der Waals surface area contributed by atoms with Crippen molar-refractivity contribution < 1.29 is 28.7 Å². The maximum absolute atomic E-state index is 13.2. The van der Waals surface area contributed by atoms with Gasteiger partial charge in [0.15, 0.2) is 0 Å². The smallest absolute Gasteiger partial charge is 0.383 e. The molecule has 0 aliphatic carbocycles. The summed E-state index contributed by atoms with van der Waals surface area (Å²) in [6, 6.07) is 29.9. The molecule has 0 saturated carbocycles. The lowest BCUT2D eigenvalue weighted by molar-refractivity contribution is -0.157. The SMILES string of the molecule is CCCCC(=O)Nc1ccc(SC(Cn2ccnc2OC(=O)C(=O)Oc2nccn2CC(Sc2ccc(NC(=O)CCCC)cc2)c2ccc(Cl)cc2)c2ccc(Cl)cc2)cc1. The van der Waals surface area contributed by atoms with Crippen LogP contribution in [0.3, 0.4) is 0 Å². The van der Waals surface area contributed by atoms with Crippen LogP contribution in [0.15, 0.2) is 132 Å². The first-order chi connectivity index (χ1) is 30.1. The summed E-state index contributed by atoms with van der Waals surface area (Å²) in [6.45, 7) is 4.71. The average Bonchev–Trinajstić information content (AvgIpc) is 3.91. The predicted molar refractivity (Wildman–Crippen MR) is 245 cm³/mol. The van der Waals surface area contributed by atoms with Gasteiger partial charge in [-0.1, -0.05) is 74.2 Å². The fraction of sp³-hybridized carbons (Fsp3) is 0.261. The normalized spacial score (nSPS) is 12.0. The van der Waals surface area contributed by atoms with Gasteiger partial charge in [-0.3, -0.25) is 18.7 Å². The highest BCUT2D eigenvalue weighted by atomic mass is 35.5. The molecule has 0 radical (unpaired) electrons. The van der Waals surface area contributed by atoms with Crippen LogP contribution in [0.5, 0.6) is 12.0 Å². The number of esters is 2. The summed E-state index contributed by atoms with van der Waals surface area (Å²) in [6.07, 6.45) is 10.7. The Kier molecular flexibility index (Phi) is 17.1. The zero-order valence-corrected chi connectivity index (χ0v) is 37.3. The summed E-state index contributed by atoms with van der Waals surface area (Å²) < 4.78 is 14.3. The molecule has 2 N–H and O–H groups in total. The number of benzene rings is 4. The number of rotatable bonds is 20. The van der Waals surface area contributed by atoms with E-state index in [-0.39, 0.29) is 34.3 Å². The average molecular weight is 914 g/mol. The van der Waals surface area contributed by atoms with Gasteiger partial charge in [-0.25, -0.2) is 19.6 Å². The highest BCUT2D eigenvalue weighted by Gasteiger charge is 2.26. The minimum absolute atomic E-state index is 0.0233. The first-order valence-corrected chi connectivity index (χ1v) is 22.7. The Morgan fingerprint density at radius 1 is 0.581 bits per heavy atom. The number of halogens is 2. The van der Waals surface area contributed by atoms with Gasteiger partial charge in [0.1, 0.15) is 0 Å². The lowest BCUT2D eigenvalue weighted by atomic mass is 10.1. The molecule has 0 saturated heterocycles. The van der Waals surface area contributed by atoms with Crippen LogP contribution >= 0.6 is 46.7 Å². The second kappa shape index (κ2) is 23.1. The standard InChI is InChI=1S/C46H46Cl2N6O6S2/c1-3-5-7-41(55)51-35-17-21-37(22-18-35)61-39(31-9-13-33(47)14-10-31)29-53-27-25-49-45(53)59-43(57)44(58)60-46-50-26-28-54(46)30-40(32-11-15-34(48)16-12-32)62-38-23-19-36(20-24-38)52-42(56)8-6-4-2/h9-28,39-40H,3-8,29-30H2,1-2H3,(H,51,55)(H,52,56). The highest BCUT2D eigenvalue weighted by Crippen LogP contribution is 2.40. The number of anilines is 2. The van der Waals surface area contributed by atoms with Crippen molar-refractivity contribution in [3.05, 3.63) is 143 Å². The number of unbranched alkanes of at least 4 members (excludes halogenated alkanes) is 2. The van der Waals surface area contributed by atoms with E-state index in [2.05, 4.69) is 20.6 Å². The fourth-order valence-corrected chi connectivity index (χ4v) is 8.70. The molecule has 2 aromatic heterocycles. The van der Waals surface area contributed by atoms with E-state index >= 15 is 0 Å². The molecule has 322 valence electrons. The zero-order valence-electron chi connectivity index (χ0n) is 34.2. The summed E-state index contributed by atoms with van der Waals surface area (Å²) in [5.74, 6) is -2.59. The molecule has 6 aromatic rings. The summed E-state index contributed by atoms with van der Waals surface area (Å²) in [7, 11) is 0. The third-order valence-electron chi connectivity index (χ3n) is 9.45. The number of carbonyl (C=O) groups is 4. The van der Waals surface area contributed by atoms with Crippen LogP contribution in [-0.2, 0) is 32.3 Å². The molecule has 62 heavy (non-hydrogen) atoms. The lowest BCUT2D eigenvalue weighted by Crippen LogP contribution is -2.28. The molecule has 2 unspecified atom stereocenters. The van der Waals surface area contributed by atoms with Crippen molar-refractivity contribution >= 4 is 81.9 Å². The van der Waals surface area contributed by atoms with Crippen molar-refractivity contribution in [1.29, 1.82) is 0 Å². The Balaban J connectivity index is 1.11. The molecule has 0 aliphatic heterocycles. The van der Waals surface area contributed by atoms with Gasteiger partial charge in [0.2, 0.25) is 11.8 Å². The number of hydrogen-bond donors (Lipinski definition) is 2. The maximum Gasteiger partial charge on any atom is 0.425 e. The molecule has 2 heterocycles. The van der Waals surface area contributed by atoms with Crippen molar-refractivity contribution in [1.82, 2.24) is 19.1 Å². The van der Waals surface area contributed by atoms with Gasteiger partial charge in [0.25, 0.3) is 0 Å². The van der Waals surface area contributed by atoms with Gasteiger partial charge in [0, 0.05) is 81.9 Å². The predicted octanol–water partition coefficient (Wildman–Crippen LogP) is 11.2. The van der Waals surface area contributed by atoms with E-state index in [1.165, 1.54) is 12.4 Å². The van der Waals surface area contributed by atoms with E-state index in [1.54, 1.807) is 69.3 Å². The van der Waals surface area contributed by atoms with Crippen LogP contribution in [0.25, 0.3) is 0 Å². The van der Waals surface area contributed by atoms with E-state index < -0.39 is 11.9 Å². The fourth-order valence-electron chi connectivity index (χ4n) is 6.15. The minimum Gasteiger partial charge on any atom is -0.383 e. The lowest BCUT2D eigenvalue weighted by Gasteiger charge is -2.19. The Bertz CT molecular complexity index is 2240. The highest BCUT2D eigenvalue weighted by molar-refractivity contribution is 7.99. The van der Waals surface area contributed by atoms with E-state index in [9.17, 15) is 19.2 Å². The zero-order chi connectivity index (χ0) is 43.8. The first-order valence-electron chi connectivity index (χ1n) is 20.2. The van der Waals surface area contributed by atoms with E-state index in [0.717, 1.165) is 46.6 Å². The molecule has 0 fully saturated rings. The van der Waals surface area contributed by atoms with E-state index in [0.29, 0.717) is 47.4 Å². The van der Waals surface area contributed by atoms with Crippen molar-refractivity contribution in [2.45, 2.75) is 85.8 Å². The van der Waals surface area contributed by atoms with Crippen LogP contribution in [0.1, 0.15) is 74.0 Å². The number of ether oxygens (including phenoxy) is 2. The summed E-state index contributed by atoms with van der Waals surface area (Å²) in [4.78, 5) is 61.3. The molecule has 4 aromatic carbocycles. The largest absolute Gasteiger partial charge is 0.425 e. The summed E-state index contributed by atoms with van der Waals surface area (Å²) in [5.41, 5.74) is 3.33. The molecule has 12 nitrogen and oxygen atoms in total. The monoisotopic (exact) mass is 912 g/mol. The van der Waals surface area contributed by atoms with Gasteiger partial charge in [-0.2, -0.15) is 0 Å². The van der Waals surface area contributed by atoms with Crippen LogP contribution in [0.2, 0.25) is 10.0 Å². The number of carbonyl (C=O) groups excluding carboxylic acids is 4. The van der Waals surface area contributed by atoms with Crippen molar-refractivity contribution in [3.8, 4) is 12.0 Å². The Labute approximate surface area is 379 Å². The number of nitrogens with zero attached hydrogens (tertiary/aromatic N) is 4. The third kappa shape index (κ3) is 13.7. The van der Waals surface area contributed by atoms with Gasteiger partial charge < -0.3 is 20.1 Å². The molecule has 0 spiro atoms. The van der Waals surface area contributed by atoms with Crippen molar-refractivity contribution in [3.63, 3.8) is 0 Å². The molecule has 16 heteroatoms. The quantitative estimate of drug-likeness (QED) is 0.0431. The number of imidazole rings is 2. The van der Waals surface area contributed by atoms with Crippen LogP contribution in [0, 0.1) is 0 Å². The summed E-state index contributed by atoms with van der Waals surface area (Å²) >= 11 is 15.6. The molecule has 2 atom stereocenters. The number of thioether (sulfide) groups is 2. The van der Waals surface area contributed by atoms with Crippen LogP contribution < -0.4 is 20.1 Å². The molecule has 0 aliphatic rings. The number of aromatic nitrogens is 4. The number of hydrogen-bond acceptors (Lipinski definition) is 10. The summed E-state index contributed by atoms with van der Waals surface area (Å²) in [5, 5.41) is 6.64. The molecule has 6 rings (SSSR count). The second-order valence-corrected chi connectivity index (χ2v) is 17.6. The first kappa shape index (κ1) is 46.0. The van der Waals surface area contributed by atoms with Gasteiger partial charge in [0.05, 0.1) is 10.5 Å². The minimum atomic E-state index is -1.27. The Hall–Kier alpha value is -5.54. The third-order valence-corrected chi connectivity index (χ3v) is 12.4. The maximum atomic E-state index is 13.2. The molecular formula is C46H46Cl2N6O6S2. The van der Waals surface area contributed by atoms with Crippen molar-refractivity contribution in [2.75, 3.05) is 10.6 Å². The molecular weight excluding hydrogens is 868 g/mol. The Morgan fingerprint density at radius 3 is 1.31 bits per heavy atom. The van der Waals surface area contributed by atoms with Gasteiger partial charge in [-0.05, 0) is 96.8 Å². The number of amides is 2. The second-order valence-electron chi connectivity index (χ2n) is 14.2. The van der Waals surface area contributed by atoms with Crippen LogP contribution in [-0.4, -0.2) is 42.9 Å². The van der Waals surface area contributed by atoms with E-state index in [4.69, 9.17) is 32.7 Å². The van der Waals surface area contributed by atoms with Crippen LogP contribution in [0.4, 0.5) is 11.4 Å². The van der Waals surface area contributed by atoms with Gasteiger partial charge in [-0.15, -0.1) is 23.5 Å². The molecule has 0 bridgehead atoms. The Morgan fingerprint density at radius 2 is 0.952 bits per heavy atom. The van der Waals surface area contributed by atoms with Crippen molar-refractivity contribution in [2.24, 2.45) is 0 Å². The molecule has 2 amide bonds. The topological polar surface area (TPSA) is 146 Å². The van der Waals surface area contributed by atoms with E-state index in [1.807, 2.05) is 86.6 Å². The van der Waals surface area contributed by atoms with Gasteiger partial charge >= 0.3 is 24.0 Å².